The number of rotatable bonds is 4. The summed E-state index contributed by atoms with van der Waals surface area (Å²) in [4.78, 5) is 4.78. The summed E-state index contributed by atoms with van der Waals surface area (Å²) >= 11 is 0. The highest BCUT2D eigenvalue weighted by molar-refractivity contribution is 5.50. The predicted molar refractivity (Wildman–Crippen MR) is 113 cm³/mol. The smallest absolute Gasteiger partial charge is 0.161 e. The molecule has 5 heteroatoms. The molecule has 4 rings (SSSR count). The molecule has 2 aliphatic heterocycles. The molecule has 0 amide bonds. The maximum atomic E-state index is 5.59. The van der Waals surface area contributed by atoms with Crippen LogP contribution in [0, 0.1) is 0 Å². The van der Waals surface area contributed by atoms with Crippen molar-refractivity contribution in [2.45, 2.75) is 38.0 Å². The minimum atomic E-state index is 0.228. The summed E-state index contributed by atoms with van der Waals surface area (Å²) in [5, 5.41) is 3.75. The molecule has 0 radical (unpaired) electrons. The highest BCUT2D eigenvalue weighted by atomic mass is 16.5. The second kappa shape index (κ2) is 7.64. The van der Waals surface area contributed by atoms with Gasteiger partial charge in [-0.25, -0.2) is 0 Å². The van der Waals surface area contributed by atoms with Gasteiger partial charge in [0.15, 0.2) is 11.5 Å². The monoisotopic (exact) mass is 381 g/mol. The van der Waals surface area contributed by atoms with E-state index in [0.29, 0.717) is 12.1 Å². The Balaban J connectivity index is 1.70. The Labute approximate surface area is 168 Å². The van der Waals surface area contributed by atoms with E-state index < -0.39 is 0 Å². The molecule has 2 heterocycles. The van der Waals surface area contributed by atoms with Crippen LogP contribution < -0.4 is 19.7 Å². The average molecular weight is 382 g/mol. The molecule has 3 atom stereocenters. The first-order valence-corrected chi connectivity index (χ1v) is 10.1. The molecule has 5 nitrogen and oxygen atoms in total. The number of fused-ring (bicyclic) bond motifs is 3. The molecule has 1 fully saturated rings. The van der Waals surface area contributed by atoms with Crippen LogP contribution in [0.5, 0.6) is 11.5 Å². The third kappa shape index (κ3) is 3.23. The lowest BCUT2D eigenvalue weighted by atomic mass is 9.84. The fourth-order valence-corrected chi connectivity index (χ4v) is 4.76. The van der Waals surface area contributed by atoms with Crippen molar-refractivity contribution in [1.29, 1.82) is 0 Å². The van der Waals surface area contributed by atoms with Crippen LogP contribution in [-0.2, 0) is 6.42 Å². The van der Waals surface area contributed by atoms with Gasteiger partial charge < -0.3 is 14.4 Å². The van der Waals surface area contributed by atoms with Gasteiger partial charge >= 0.3 is 0 Å². The molecule has 0 spiro atoms. The Morgan fingerprint density at radius 1 is 1.04 bits per heavy atom. The summed E-state index contributed by atoms with van der Waals surface area (Å²) in [6, 6.07) is 14.1. The molecule has 0 aliphatic carbocycles. The van der Waals surface area contributed by atoms with Crippen LogP contribution in [0.2, 0.25) is 0 Å². The molecule has 1 saturated heterocycles. The van der Waals surface area contributed by atoms with Crippen LogP contribution in [0.3, 0.4) is 0 Å². The van der Waals surface area contributed by atoms with Crippen molar-refractivity contribution < 1.29 is 9.47 Å². The van der Waals surface area contributed by atoms with Crippen molar-refractivity contribution in [1.82, 2.24) is 10.2 Å². The molecule has 0 aromatic heterocycles. The molecule has 2 aliphatic rings. The number of hydrogen-bond donors (Lipinski definition) is 1. The molecule has 0 bridgehead atoms. The van der Waals surface area contributed by atoms with Gasteiger partial charge in [-0.3, -0.25) is 10.2 Å². The van der Waals surface area contributed by atoms with Crippen LogP contribution in [-0.4, -0.2) is 45.8 Å². The maximum Gasteiger partial charge on any atom is 0.161 e. The summed E-state index contributed by atoms with van der Waals surface area (Å²) in [5.74, 6) is 1.65. The zero-order valence-corrected chi connectivity index (χ0v) is 17.5. The molecular formula is C23H31N3O2. The van der Waals surface area contributed by atoms with E-state index in [9.17, 15) is 0 Å². The summed E-state index contributed by atoms with van der Waals surface area (Å²) in [6.45, 7) is 3.34. The van der Waals surface area contributed by atoms with Crippen molar-refractivity contribution in [2.75, 3.05) is 39.8 Å². The van der Waals surface area contributed by atoms with Gasteiger partial charge in [0.25, 0.3) is 0 Å². The highest BCUT2D eigenvalue weighted by Gasteiger charge is 2.40. The van der Waals surface area contributed by atoms with Crippen molar-refractivity contribution in [3.63, 3.8) is 0 Å². The number of ether oxygens (including phenoxy) is 2. The normalized spacial score (nSPS) is 24.2. The van der Waals surface area contributed by atoms with E-state index in [-0.39, 0.29) is 6.17 Å². The molecule has 0 saturated carbocycles. The van der Waals surface area contributed by atoms with Crippen LogP contribution in [0.1, 0.15) is 42.2 Å². The second-order valence-electron chi connectivity index (χ2n) is 8.05. The Bertz CT molecular complexity index is 834. The SMILES string of the molecule is COc1cc2c(cc1OC)[C@H]1CCN[C@H](c3ccc(N(C)C)cc3)N1[C@@H](C)C2. The first kappa shape index (κ1) is 19.1. The molecular weight excluding hydrogens is 350 g/mol. The minimum Gasteiger partial charge on any atom is -0.493 e. The van der Waals surface area contributed by atoms with Gasteiger partial charge in [-0.1, -0.05) is 12.1 Å². The highest BCUT2D eigenvalue weighted by Crippen LogP contribution is 2.45. The first-order valence-electron chi connectivity index (χ1n) is 10.1. The number of hydrogen-bond acceptors (Lipinski definition) is 5. The van der Waals surface area contributed by atoms with Crippen LogP contribution in [0.25, 0.3) is 0 Å². The number of nitrogens with zero attached hydrogens (tertiary/aromatic N) is 2. The topological polar surface area (TPSA) is 37.0 Å². The Morgan fingerprint density at radius 3 is 2.36 bits per heavy atom. The van der Waals surface area contributed by atoms with Gasteiger partial charge in [-0.15, -0.1) is 0 Å². The summed E-state index contributed by atoms with van der Waals surface area (Å²) in [6.07, 6.45) is 2.34. The zero-order chi connectivity index (χ0) is 19.8. The lowest BCUT2D eigenvalue weighted by Gasteiger charge is -2.50. The summed E-state index contributed by atoms with van der Waals surface area (Å²) in [7, 11) is 7.58. The predicted octanol–water partition coefficient (Wildman–Crippen LogP) is 3.75. The number of benzene rings is 2. The Hall–Kier alpha value is -2.24. The lowest BCUT2D eigenvalue weighted by Crippen LogP contribution is -2.53. The number of anilines is 1. The Kier molecular flexibility index (Phi) is 5.21. The van der Waals surface area contributed by atoms with E-state index in [1.807, 2.05) is 0 Å². The van der Waals surface area contributed by atoms with Gasteiger partial charge in [0.1, 0.15) is 0 Å². The molecule has 150 valence electrons. The van der Waals surface area contributed by atoms with Gasteiger partial charge in [-0.2, -0.15) is 0 Å². The van der Waals surface area contributed by atoms with E-state index in [1.54, 1.807) is 14.2 Å². The van der Waals surface area contributed by atoms with Crippen LogP contribution >= 0.6 is 0 Å². The van der Waals surface area contributed by atoms with Crippen LogP contribution in [0.15, 0.2) is 36.4 Å². The van der Waals surface area contributed by atoms with E-state index in [0.717, 1.165) is 30.9 Å². The molecule has 2 aromatic rings. The van der Waals surface area contributed by atoms with Crippen molar-refractivity contribution >= 4 is 5.69 Å². The quantitative estimate of drug-likeness (QED) is 0.873. The van der Waals surface area contributed by atoms with Gasteiger partial charge in [-0.05, 0) is 67.3 Å². The average Bonchev–Trinajstić information content (AvgIpc) is 2.72. The zero-order valence-electron chi connectivity index (χ0n) is 17.5. The molecule has 2 aromatic carbocycles. The fraction of sp³-hybridized carbons (Fsp3) is 0.478. The van der Waals surface area contributed by atoms with E-state index in [2.05, 4.69) is 72.5 Å². The summed E-state index contributed by atoms with van der Waals surface area (Å²) in [5.41, 5.74) is 5.32. The van der Waals surface area contributed by atoms with E-state index >= 15 is 0 Å². The van der Waals surface area contributed by atoms with Gasteiger partial charge in [0, 0.05) is 31.9 Å². The van der Waals surface area contributed by atoms with Crippen molar-refractivity contribution in [3.05, 3.63) is 53.1 Å². The van der Waals surface area contributed by atoms with Crippen molar-refractivity contribution in [3.8, 4) is 11.5 Å². The molecule has 1 N–H and O–H groups in total. The molecule has 28 heavy (non-hydrogen) atoms. The number of methoxy groups -OCH3 is 2. The van der Waals surface area contributed by atoms with Crippen molar-refractivity contribution in [2.24, 2.45) is 0 Å². The third-order valence-corrected chi connectivity index (χ3v) is 6.17. The standard InChI is InChI=1S/C23H31N3O2/c1-15-12-17-13-21(27-4)22(28-5)14-19(17)20-10-11-24-23(26(15)20)16-6-8-18(9-7-16)25(2)3/h6-9,13-15,20,23-24H,10-12H2,1-5H3/t15-,20+,23-/m0/s1. The van der Waals surface area contributed by atoms with Crippen LogP contribution in [0.4, 0.5) is 5.69 Å². The number of nitrogens with one attached hydrogen (secondary N) is 1. The van der Waals surface area contributed by atoms with E-state index in [4.69, 9.17) is 9.47 Å². The third-order valence-electron chi connectivity index (χ3n) is 6.17. The maximum absolute atomic E-state index is 5.59. The largest absolute Gasteiger partial charge is 0.493 e. The second-order valence-corrected chi connectivity index (χ2v) is 8.05. The minimum absolute atomic E-state index is 0.228. The Morgan fingerprint density at radius 2 is 1.71 bits per heavy atom. The first-order chi connectivity index (χ1) is 13.5. The summed E-state index contributed by atoms with van der Waals surface area (Å²) < 4.78 is 11.1. The van der Waals surface area contributed by atoms with E-state index in [1.165, 1.54) is 22.4 Å². The fourth-order valence-electron chi connectivity index (χ4n) is 4.76. The van der Waals surface area contributed by atoms with Gasteiger partial charge in [0.2, 0.25) is 0 Å². The van der Waals surface area contributed by atoms with Gasteiger partial charge in [0.05, 0.1) is 20.4 Å². The lowest BCUT2D eigenvalue weighted by molar-refractivity contribution is 0.0206. The molecule has 0 unspecified atom stereocenters.